The predicted octanol–water partition coefficient (Wildman–Crippen LogP) is 2.83. The Balaban J connectivity index is 0.00000300. The third-order valence-corrected chi connectivity index (χ3v) is 5.77. The summed E-state index contributed by atoms with van der Waals surface area (Å²) in [5, 5.41) is 3.57. The van der Waals surface area contributed by atoms with E-state index in [4.69, 9.17) is 21.1 Å². The third-order valence-electron chi connectivity index (χ3n) is 5.53. The molecule has 29 heavy (non-hydrogen) atoms. The van der Waals surface area contributed by atoms with Crippen LogP contribution in [-0.2, 0) is 29.3 Å². The minimum Gasteiger partial charge on any atom is -0.465 e. The maximum Gasteiger partial charge on any atom is 0.320 e. The highest BCUT2D eigenvalue weighted by molar-refractivity contribution is 6.30. The van der Waals surface area contributed by atoms with Crippen LogP contribution in [0.3, 0.4) is 0 Å². The lowest BCUT2D eigenvalue weighted by Gasteiger charge is -2.17. The summed E-state index contributed by atoms with van der Waals surface area (Å²) in [5.74, 6) is -3.55. The first-order valence-electron chi connectivity index (χ1n) is 9.39. The number of nitrogens with one attached hydrogen (secondary N) is 1. The number of Topliss-reactive ketones (excluding diaryl/α,β-unsaturated/α-hetero) is 1. The largest absolute Gasteiger partial charge is 0.465 e. The Morgan fingerprint density at radius 3 is 2.41 bits per heavy atom. The van der Waals surface area contributed by atoms with Crippen molar-refractivity contribution in [2.75, 3.05) is 19.8 Å². The van der Waals surface area contributed by atoms with Gasteiger partial charge >= 0.3 is 11.9 Å². The predicted molar refractivity (Wildman–Crippen MR) is 107 cm³/mol. The Morgan fingerprint density at radius 1 is 1.24 bits per heavy atom. The zero-order valence-electron chi connectivity index (χ0n) is 16.2. The van der Waals surface area contributed by atoms with Crippen LogP contribution in [0.5, 0.6) is 0 Å². The van der Waals surface area contributed by atoms with Gasteiger partial charge in [0.15, 0.2) is 11.7 Å². The van der Waals surface area contributed by atoms with Crippen molar-refractivity contribution in [3.8, 4) is 0 Å². The second-order valence-electron chi connectivity index (χ2n) is 7.18. The van der Waals surface area contributed by atoms with E-state index in [-0.39, 0.29) is 49.6 Å². The van der Waals surface area contributed by atoms with Gasteiger partial charge in [-0.3, -0.25) is 14.4 Å². The first-order valence-corrected chi connectivity index (χ1v) is 9.76. The Morgan fingerprint density at radius 2 is 1.86 bits per heavy atom. The zero-order chi connectivity index (χ0) is 20.5. The first kappa shape index (κ1) is 23.6. The molecule has 1 aromatic carbocycles. The van der Waals surface area contributed by atoms with Gasteiger partial charge in [0, 0.05) is 23.4 Å². The summed E-state index contributed by atoms with van der Waals surface area (Å²) in [4.78, 5) is 37.1. The van der Waals surface area contributed by atoms with Crippen molar-refractivity contribution < 1.29 is 28.2 Å². The van der Waals surface area contributed by atoms with E-state index in [9.17, 15) is 18.8 Å². The molecule has 1 aromatic rings. The van der Waals surface area contributed by atoms with Gasteiger partial charge in [-0.1, -0.05) is 11.6 Å². The minimum absolute atomic E-state index is 0. The van der Waals surface area contributed by atoms with E-state index in [0.717, 1.165) is 0 Å². The monoisotopic (exact) mass is 447 g/mol. The summed E-state index contributed by atoms with van der Waals surface area (Å²) in [7, 11) is 0. The van der Waals surface area contributed by atoms with E-state index in [1.165, 1.54) is 12.1 Å². The van der Waals surface area contributed by atoms with Crippen LogP contribution in [0.15, 0.2) is 18.2 Å². The molecule has 3 atom stereocenters. The highest BCUT2D eigenvalue weighted by Gasteiger charge is 2.65. The fraction of sp³-hybridized carbons (Fsp3) is 0.550. The maximum atomic E-state index is 14.3. The summed E-state index contributed by atoms with van der Waals surface area (Å²) in [6.07, 6.45) is 0.344. The molecule has 0 spiro atoms. The number of halogens is 3. The van der Waals surface area contributed by atoms with E-state index in [2.05, 4.69) is 5.32 Å². The van der Waals surface area contributed by atoms with Crippen molar-refractivity contribution >= 4 is 41.7 Å². The molecule has 0 bridgehead atoms. The molecule has 2 aliphatic rings. The molecule has 1 saturated carbocycles. The third kappa shape index (κ3) is 4.57. The van der Waals surface area contributed by atoms with Crippen LogP contribution in [0.2, 0.25) is 5.02 Å². The molecule has 1 unspecified atom stereocenters. The number of ether oxygens (including phenoxy) is 2. The van der Waals surface area contributed by atoms with Gasteiger partial charge in [-0.05, 0) is 49.9 Å². The molecule has 9 heteroatoms. The molecule has 0 aromatic heterocycles. The number of hydrogen-bond acceptors (Lipinski definition) is 6. The molecule has 160 valence electrons. The van der Waals surface area contributed by atoms with E-state index in [1.807, 2.05) is 0 Å². The SMILES string of the molecule is CCOC(=O)C(CC(=O)C1NC[C@@]2(c3cc(Cl)ccc3F)C[C@@H]12)C(=O)OCC.Cl. The second-order valence-corrected chi connectivity index (χ2v) is 7.61. The van der Waals surface area contributed by atoms with Crippen LogP contribution in [0.1, 0.15) is 32.3 Å². The summed E-state index contributed by atoms with van der Waals surface area (Å²) < 4.78 is 24.1. The topological polar surface area (TPSA) is 81.7 Å². The van der Waals surface area contributed by atoms with Crippen LogP contribution in [-0.4, -0.2) is 43.5 Å². The van der Waals surface area contributed by atoms with Crippen LogP contribution in [0.4, 0.5) is 4.39 Å². The molecule has 1 N–H and O–H groups in total. The van der Waals surface area contributed by atoms with Crippen molar-refractivity contribution in [2.24, 2.45) is 11.8 Å². The summed E-state index contributed by atoms with van der Waals surface area (Å²) >= 11 is 6.02. The number of carbonyl (C=O) groups is 3. The molecular weight excluding hydrogens is 424 g/mol. The van der Waals surface area contributed by atoms with Crippen molar-refractivity contribution in [2.45, 2.75) is 38.1 Å². The number of carbonyl (C=O) groups excluding carboxylic acids is 3. The van der Waals surface area contributed by atoms with Gasteiger partial charge in [-0.2, -0.15) is 0 Å². The smallest absolute Gasteiger partial charge is 0.320 e. The molecule has 3 rings (SSSR count). The van der Waals surface area contributed by atoms with Gasteiger partial charge in [-0.25, -0.2) is 4.39 Å². The zero-order valence-corrected chi connectivity index (χ0v) is 17.8. The molecule has 2 fully saturated rings. The highest BCUT2D eigenvalue weighted by atomic mass is 35.5. The summed E-state index contributed by atoms with van der Waals surface area (Å²) in [6.45, 7) is 3.89. The van der Waals surface area contributed by atoms with Gasteiger partial charge < -0.3 is 14.8 Å². The molecule has 0 amide bonds. The number of ketones is 1. The number of esters is 2. The van der Waals surface area contributed by atoms with Crippen molar-refractivity contribution in [1.82, 2.24) is 5.32 Å². The molecule has 1 heterocycles. The minimum atomic E-state index is -1.29. The Hall–Kier alpha value is -1.70. The van der Waals surface area contributed by atoms with Crippen LogP contribution < -0.4 is 5.32 Å². The maximum absolute atomic E-state index is 14.3. The number of fused-ring (bicyclic) bond motifs is 1. The molecule has 6 nitrogen and oxygen atoms in total. The fourth-order valence-electron chi connectivity index (χ4n) is 4.11. The molecule has 0 radical (unpaired) electrons. The van der Waals surface area contributed by atoms with E-state index in [1.54, 1.807) is 19.9 Å². The first-order chi connectivity index (χ1) is 13.3. The van der Waals surface area contributed by atoms with Crippen LogP contribution >= 0.6 is 24.0 Å². The number of piperidine rings is 1. The average molecular weight is 448 g/mol. The van der Waals surface area contributed by atoms with Crippen molar-refractivity contribution in [3.63, 3.8) is 0 Å². The van der Waals surface area contributed by atoms with Crippen LogP contribution in [0, 0.1) is 17.7 Å². The standard InChI is InChI=1S/C20H23ClFNO5.ClH/c1-3-27-18(25)12(19(26)28-4-2)8-16(24)17-14-9-20(14,10-23-17)13-7-11(21)5-6-15(13)22;/h5-7,12,14,17,23H,3-4,8-10H2,1-2H3;1H/t14-,17?,20+;/m0./s1. The lowest BCUT2D eigenvalue weighted by Crippen LogP contribution is -2.39. The van der Waals surface area contributed by atoms with Crippen LogP contribution in [0.25, 0.3) is 0 Å². The van der Waals surface area contributed by atoms with Gasteiger partial charge in [0.2, 0.25) is 0 Å². The van der Waals surface area contributed by atoms with Gasteiger partial charge in [0.1, 0.15) is 5.82 Å². The second kappa shape index (κ2) is 9.41. The number of rotatable bonds is 8. The van der Waals surface area contributed by atoms with E-state index < -0.39 is 29.3 Å². The molecule has 1 saturated heterocycles. The fourth-order valence-corrected chi connectivity index (χ4v) is 4.28. The van der Waals surface area contributed by atoms with Gasteiger partial charge in [0.25, 0.3) is 0 Å². The Labute approximate surface area is 179 Å². The Bertz CT molecular complexity index is 787. The molecular formula is C20H24Cl2FNO5. The number of hydrogen-bond donors (Lipinski definition) is 1. The summed E-state index contributed by atoms with van der Waals surface area (Å²) in [5.41, 5.74) is 0.0266. The highest BCUT2D eigenvalue weighted by Crippen LogP contribution is 2.60. The molecule has 1 aliphatic heterocycles. The summed E-state index contributed by atoms with van der Waals surface area (Å²) in [6, 6.07) is 3.87. The van der Waals surface area contributed by atoms with Gasteiger partial charge in [-0.15, -0.1) is 12.4 Å². The normalized spacial score (nSPS) is 24.4. The number of benzene rings is 1. The van der Waals surface area contributed by atoms with E-state index in [0.29, 0.717) is 23.6 Å². The average Bonchev–Trinajstić information content (AvgIpc) is 3.26. The van der Waals surface area contributed by atoms with E-state index >= 15 is 0 Å². The van der Waals surface area contributed by atoms with Gasteiger partial charge in [0.05, 0.1) is 19.3 Å². The van der Waals surface area contributed by atoms with Crippen molar-refractivity contribution in [1.29, 1.82) is 0 Å². The lowest BCUT2D eigenvalue weighted by molar-refractivity contribution is -0.163. The quantitative estimate of drug-likeness (QED) is 0.487. The molecule has 1 aliphatic carbocycles. The van der Waals surface area contributed by atoms with Crippen molar-refractivity contribution in [3.05, 3.63) is 34.6 Å². The Kier molecular flexibility index (Phi) is 7.65. The lowest BCUT2D eigenvalue weighted by atomic mass is 9.91.